The van der Waals surface area contributed by atoms with Crippen LogP contribution in [0.15, 0.2) is 0 Å². The molecule has 2 heteroatoms. The zero-order valence-corrected chi connectivity index (χ0v) is 8.71. The summed E-state index contributed by atoms with van der Waals surface area (Å²) in [6, 6.07) is 0.527. The van der Waals surface area contributed by atoms with Crippen LogP contribution in [0.2, 0.25) is 0 Å². The third-order valence-corrected chi connectivity index (χ3v) is 3.99. The lowest BCUT2D eigenvalue weighted by atomic mass is 10.00. The van der Waals surface area contributed by atoms with Crippen LogP contribution in [0.5, 0.6) is 0 Å². The molecule has 0 radical (unpaired) electrons. The smallest absolute Gasteiger partial charge is 0.0244 e. The van der Waals surface area contributed by atoms with E-state index in [1.807, 2.05) is 0 Å². The standard InChI is InChI=1S/C12H20N2/c1-2-3-4-8-11(14-13)12-9-6-5-7-10(9)12/h1,9-12,14H,3-8,13H2. The Balaban J connectivity index is 1.75. The first-order valence-corrected chi connectivity index (χ1v) is 5.78. The highest BCUT2D eigenvalue weighted by Gasteiger charge is 2.55. The van der Waals surface area contributed by atoms with Crippen molar-refractivity contribution in [3.8, 4) is 12.3 Å². The predicted molar refractivity (Wildman–Crippen MR) is 58.1 cm³/mol. The summed E-state index contributed by atoms with van der Waals surface area (Å²) >= 11 is 0. The average Bonchev–Trinajstić information content (AvgIpc) is 2.69. The molecule has 0 aromatic heterocycles. The summed E-state index contributed by atoms with van der Waals surface area (Å²) in [6.07, 6.45) is 12.7. The van der Waals surface area contributed by atoms with Crippen molar-refractivity contribution in [1.82, 2.24) is 5.43 Å². The Morgan fingerprint density at radius 1 is 1.43 bits per heavy atom. The molecule has 3 unspecified atom stereocenters. The Labute approximate surface area is 86.6 Å². The van der Waals surface area contributed by atoms with Crippen molar-refractivity contribution < 1.29 is 0 Å². The SMILES string of the molecule is C#CCCCC(NN)C1C2CCCC21. The molecule has 0 amide bonds. The van der Waals surface area contributed by atoms with E-state index in [2.05, 4.69) is 11.3 Å². The minimum Gasteiger partial charge on any atom is -0.271 e. The van der Waals surface area contributed by atoms with Gasteiger partial charge in [-0.15, -0.1) is 12.3 Å². The Morgan fingerprint density at radius 2 is 2.14 bits per heavy atom. The van der Waals surface area contributed by atoms with Gasteiger partial charge in [0.15, 0.2) is 0 Å². The first-order chi connectivity index (χ1) is 6.88. The Hall–Kier alpha value is -0.520. The van der Waals surface area contributed by atoms with E-state index in [1.54, 1.807) is 0 Å². The van der Waals surface area contributed by atoms with Crippen molar-refractivity contribution in [2.45, 2.75) is 44.6 Å². The van der Waals surface area contributed by atoms with Crippen molar-refractivity contribution in [2.75, 3.05) is 0 Å². The molecule has 2 aliphatic carbocycles. The van der Waals surface area contributed by atoms with Crippen molar-refractivity contribution in [1.29, 1.82) is 0 Å². The van der Waals surface area contributed by atoms with Gasteiger partial charge in [-0.1, -0.05) is 6.42 Å². The highest BCUT2D eigenvalue weighted by Crippen LogP contribution is 2.59. The molecule has 2 rings (SSSR count). The van der Waals surface area contributed by atoms with Crippen LogP contribution in [-0.4, -0.2) is 6.04 Å². The van der Waals surface area contributed by atoms with Gasteiger partial charge >= 0.3 is 0 Å². The van der Waals surface area contributed by atoms with E-state index >= 15 is 0 Å². The molecule has 0 saturated heterocycles. The molecule has 0 aliphatic heterocycles. The quantitative estimate of drug-likeness (QED) is 0.301. The number of fused-ring (bicyclic) bond motifs is 1. The third-order valence-electron chi connectivity index (χ3n) is 3.99. The predicted octanol–water partition coefficient (Wildman–Crippen LogP) is 1.67. The maximum Gasteiger partial charge on any atom is 0.0244 e. The molecule has 0 heterocycles. The highest BCUT2D eigenvalue weighted by atomic mass is 15.2. The van der Waals surface area contributed by atoms with Crippen LogP contribution in [0, 0.1) is 30.1 Å². The molecule has 2 nitrogen and oxygen atoms in total. The van der Waals surface area contributed by atoms with Crippen molar-refractivity contribution >= 4 is 0 Å². The van der Waals surface area contributed by atoms with Crippen LogP contribution in [0.3, 0.4) is 0 Å². The van der Waals surface area contributed by atoms with Crippen LogP contribution < -0.4 is 11.3 Å². The molecular weight excluding hydrogens is 172 g/mol. The number of hydrazine groups is 1. The van der Waals surface area contributed by atoms with Crippen molar-refractivity contribution in [3.63, 3.8) is 0 Å². The number of nitrogens with two attached hydrogens (primary N) is 1. The summed E-state index contributed by atoms with van der Waals surface area (Å²) in [5, 5.41) is 0. The molecule has 2 fully saturated rings. The Bertz CT molecular complexity index is 221. The fourth-order valence-electron chi connectivity index (χ4n) is 3.28. The number of rotatable bonds is 5. The van der Waals surface area contributed by atoms with Gasteiger partial charge in [0.25, 0.3) is 0 Å². The van der Waals surface area contributed by atoms with Gasteiger partial charge in [-0.2, -0.15) is 0 Å². The number of nitrogens with one attached hydrogen (secondary N) is 1. The van der Waals surface area contributed by atoms with Gasteiger partial charge in [0.1, 0.15) is 0 Å². The highest BCUT2D eigenvalue weighted by molar-refractivity contribution is 5.05. The van der Waals surface area contributed by atoms with Crippen LogP contribution in [0.4, 0.5) is 0 Å². The molecule has 0 aromatic carbocycles. The fourth-order valence-corrected chi connectivity index (χ4v) is 3.28. The van der Waals surface area contributed by atoms with E-state index in [0.29, 0.717) is 6.04 Å². The van der Waals surface area contributed by atoms with Crippen LogP contribution in [0.25, 0.3) is 0 Å². The maximum atomic E-state index is 5.60. The van der Waals surface area contributed by atoms with Crippen LogP contribution >= 0.6 is 0 Å². The first kappa shape index (κ1) is 10.0. The Kier molecular flexibility index (Phi) is 3.10. The van der Waals surface area contributed by atoms with Gasteiger partial charge in [-0.05, 0) is 43.4 Å². The molecule has 2 saturated carbocycles. The summed E-state index contributed by atoms with van der Waals surface area (Å²) < 4.78 is 0. The molecule has 3 N–H and O–H groups in total. The van der Waals surface area contributed by atoms with E-state index in [0.717, 1.165) is 37.0 Å². The lowest BCUT2D eigenvalue weighted by Crippen LogP contribution is -2.38. The normalized spacial score (nSPS) is 36.1. The molecule has 2 aliphatic rings. The molecule has 78 valence electrons. The molecular formula is C12H20N2. The second-order valence-corrected chi connectivity index (χ2v) is 4.71. The van der Waals surface area contributed by atoms with E-state index in [1.165, 1.54) is 19.3 Å². The second kappa shape index (κ2) is 4.33. The van der Waals surface area contributed by atoms with E-state index in [9.17, 15) is 0 Å². The lowest BCUT2D eigenvalue weighted by Gasteiger charge is -2.17. The number of terminal acetylenes is 1. The van der Waals surface area contributed by atoms with E-state index < -0.39 is 0 Å². The molecule has 0 bridgehead atoms. The fraction of sp³-hybridized carbons (Fsp3) is 0.833. The minimum atomic E-state index is 0.527. The second-order valence-electron chi connectivity index (χ2n) is 4.71. The first-order valence-electron chi connectivity index (χ1n) is 5.78. The molecule has 14 heavy (non-hydrogen) atoms. The average molecular weight is 192 g/mol. The van der Waals surface area contributed by atoms with Gasteiger partial charge in [-0.25, -0.2) is 0 Å². The summed E-state index contributed by atoms with van der Waals surface area (Å²) in [6.45, 7) is 0. The van der Waals surface area contributed by atoms with Gasteiger partial charge in [-0.3, -0.25) is 11.3 Å². The zero-order chi connectivity index (χ0) is 9.97. The minimum absolute atomic E-state index is 0.527. The van der Waals surface area contributed by atoms with Gasteiger partial charge in [0.2, 0.25) is 0 Å². The number of unbranched alkanes of at least 4 members (excludes halogenated alkanes) is 1. The van der Waals surface area contributed by atoms with Crippen LogP contribution in [-0.2, 0) is 0 Å². The molecule has 0 aromatic rings. The van der Waals surface area contributed by atoms with E-state index in [-0.39, 0.29) is 0 Å². The largest absolute Gasteiger partial charge is 0.271 e. The van der Waals surface area contributed by atoms with Crippen molar-refractivity contribution in [2.24, 2.45) is 23.6 Å². The van der Waals surface area contributed by atoms with Gasteiger partial charge in [0.05, 0.1) is 0 Å². The number of hydrogen-bond donors (Lipinski definition) is 2. The molecule has 0 spiro atoms. The summed E-state index contributed by atoms with van der Waals surface area (Å²) in [5.41, 5.74) is 2.98. The third kappa shape index (κ3) is 1.80. The summed E-state index contributed by atoms with van der Waals surface area (Å²) in [5.74, 6) is 11.1. The summed E-state index contributed by atoms with van der Waals surface area (Å²) in [7, 11) is 0. The monoisotopic (exact) mass is 192 g/mol. The van der Waals surface area contributed by atoms with Gasteiger partial charge < -0.3 is 0 Å². The number of hydrogen-bond acceptors (Lipinski definition) is 2. The van der Waals surface area contributed by atoms with Gasteiger partial charge in [0, 0.05) is 12.5 Å². The van der Waals surface area contributed by atoms with E-state index in [4.69, 9.17) is 12.3 Å². The summed E-state index contributed by atoms with van der Waals surface area (Å²) in [4.78, 5) is 0. The van der Waals surface area contributed by atoms with Crippen molar-refractivity contribution in [3.05, 3.63) is 0 Å². The Morgan fingerprint density at radius 3 is 2.71 bits per heavy atom. The zero-order valence-electron chi connectivity index (χ0n) is 8.71. The maximum absolute atomic E-state index is 5.60. The lowest BCUT2D eigenvalue weighted by molar-refractivity contribution is 0.385. The molecule has 3 atom stereocenters. The van der Waals surface area contributed by atoms with Crippen LogP contribution in [0.1, 0.15) is 38.5 Å². The topological polar surface area (TPSA) is 38.0 Å².